The molecule has 0 heterocycles. The molecule has 0 unspecified atom stereocenters. The van der Waals surface area contributed by atoms with Crippen LogP contribution in [0.1, 0.15) is 68.6 Å². The van der Waals surface area contributed by atoms with Gasteiger partial charge in [0.25, 0.3) is 0 Å². The van der Waals surface area contributed by atoms with Crippen LogP contribution < -0.4 is 4.74 Å². The molecule has 0 radical (unpaired) electrons. The van der Waals surface area contributed by atoms with Gasteiger partial charge in [0, 0.05) is 0 Å². The van der Waals surface area contributed by atoms with Crippen molar-refractivity contribution in [2.24, 2.45) is 17.3 Å². The molecule has 2 fully saturated rings. The fraction of sp³-hybridized carbons (Fsp3) is 0.684. The van der Waals surface area contributed by atoms with Gasteiger partial charge in [0.2, 0.25) is 0 Å². The molecule has 5 atom stereocenters. The number of fused-ring (bicyclic) bond motifs is 5. The van der Waals surface area contributed by atoms with E-state index < -0.39 is 16.5 Å². The fourth-order valence-corrected chi connectivity index (χ4v) is 6.38. The van der Waals surface area contributed by atoms with Crippen LogP contribution in [0.15, 0.2) is 18.2 Å². The minimum Gasteiger partial charge on any atom is -0.497 e. The standard InChI is InChI=1S/C19H26O5S/c1-19-8-3-4-17(19)15-11-18(24-25(20,21)22)16-10-12(23-2)5-6-13(16)14(15)7-9-19/h5-6,10,14-15,17-18H,3-4,7-9,11H2,1-2H3,(H,20,21,22)/t14-,15-,17+,18+,19+/m1/s1. The summed E-state index contributed by atoms with van der Waals surface area (Å²) in [6, 6.07) is 5.86. The van der Waals surface area contributed by atoms with Crippen LogP contribution in [-0.2, 0) is 14.6 Å². The van der Waals surface area contributed by atoms with Crippen molar-refractivity contribution in [1.29, 1.82) is 0 Å². The Balaban J connectivity index is 1.77. The molecule has 2 saturated carbocycles. The molecule has 0 aliphatic heterocycles. The van der Waals surface area contributed by atoms with Crippen LogP contribution >= 0.6 is 0 Å². The highest BCUT2D eigenvalue weighted by Gasteiger charge is 2.52. The summed E-state index contributed by atoms with van der Waals surface area (Å²) in [5, 5.41) is 0. The van der Waals surface area contributed by atoms with Crippen LogP contribution in [0.25, 0.3) is 0 Å². The van der Waals surface area contributed by atoms with Gasteiger partial charge in [0.05, 0.1) is 7.11 Å². The molecular formula is C19H26O5S. The van der Waals surface area contributed by atoms with Crippen LogP contribution in [0.3, 0.4) is 0 Å². The smallest absolute Gasteiger partial charge is 0.397 e. The number of benzene rings is 1. The fourth-order valence-electron chi connectivity index (χ4n) is 5.90. The van der Waals surface area contributed by atoms with Crippen LogP contribution in [-0.4, -0.2) is 20.1 Å². The van der Waals surface area contributed by atoms with Crippen LogP contribution in [0.2, 0.25) is 0 Å². The third-order valence-corrected chi connectivity index (χ3v) is 7.46. The second-order valence-electron chi connectivity index (χ2n) is 8.20. The highest BCUT2D eigenvalue weighted by molar-refractivity contribution is 7.80. The molecule has 6 heteroatoms. The van der Waals surface area contributed by atoms with E-state index in [1.165, 1.54) is 31.2 Å². The van der Waals surface area contributed by atoms with E-state index in [4.69, 9.17) is 8.92 Å². The molecule has 3 aliphatic rings. The lowest BCUT2D eigenvalue weighted by Gasteiger charge is -2.50. The summed E-state index contributed by atoms with van der Waals surface area (Å²) in [4.78, 5) is 0. The van der Waals surface area contributed by atoms with Gasteiger partial charge in [-0.15, -0.1) is 0 Å². The van der Waals surface area contributed by atoms with E-state index in [2.05, 4.69) is 13.0 Å². The molecule has 25 heavy (non-hydrogen) atoms. The third-order valence-electron chi connectivity index (χ3n) is 6.98. The van der Waals surface area contributed by atoms with Gasteiger partial charge in [-0.3, -0.25) is 4.55 Å². The van der Waals surface area contributed by atoms with Gasteiger partial charge in [-0.25, -0.2) is 4.18 Å². The lowest BCUT2D eigenvalue weighted by molar-refractivity contribution is 0.0243. The highest BCUT2D eigenvalue weighted by Crippen LogP contribution is 2.62. The van der Waals surface area contributed by atoms with Gasteiger partial charge in [0.1, 0.15) is 11.9 Å². The van der Waals surface area contributed by atoms with Gasteiger partial charge in [0.15, 0.2) is 0 Å². The Labute approximate surface area is 149 Å². The van der Waals surface area contributed by atoms with E-state index in [9.17, 15) is 13.0 Å². The monoisotopic (exact) mass is 366 g/mol. The molecule has 1 aromatic rings. The van der Waals surface area contributed by atoms with E-state index in [0.717, 1.165) is 12.0 Å². The number of rotatable bonds is 3. The van der Waals surface area contributed by atoms with Crippen molar-refractivity contribution in [2.45, 2.75) is 57.5 Å². The molecule has 1 N–H and O–H groups in total. The maximum absolute atomic E-state index is 11.4. The van der Waals surface area contributed by atoms with E-state index >= 15 is 0 Å². The molecule has 0 bridgehead atoms. The zero-order valence-corrected chi connectivity index (χ0v) is 15.6. The van der Waals surface area contributed by atoms with Crippen molar-refractivity contribution < 1.29 is 21.9 Å². The molecule has 0 aromatic heterocycles. The minimum atomic E-state index is -4.50. The van der Waals surface area contributed by atoms with Crippen molar-refractivity contribution in [3.05, 3.63) is 29.3 Å². The van der Waals surface area contributed by atoms with Crippen LogP contribution in [0, 0.1) is 17.3 Å². The summed E-state index contributed by atoms with van der Waals surface area (Å²) in [6.45, 7) is 2.39. The Hall–Kier alpha value is -1.11. The first-order valence-electron chi connectivity index (χ1n) is 9.14. The molecule has 3 aliphatic carbocycles. The average Bonchev–Trinajstić information content (AvgIpc) is 2.95. The van der Waals surface area contributed by atoms with Crippen molar-refractivity contribution in [3.8, 4) is 5.75 Å². The lowest BCUT2D eigenvalue weighted by Crippen LogP contribution is -2.41. The van der Waals surface area contributed by atoms with Gasteiger partial charge in [-0.2, -0.15) is 8.42 Å². The highest BCUT2D eigenvalue weighted by atomic mass is 32.3. The largest absolute Gasteiger partial charge is 0.497 e. The summed E-state index contributed by atoms with van der Waals surface area (Å²) in [7, 11) is -2.91. The predicted octanol–water partition coefficient (Wildman–Crippen LogP) is 4.26. The van der Waals surface area contributed by atoms with Gasteiger partial charge in [-0.05, 0) is 78.5 Å². The number of ether oxygens (including phenoxy) is 1. The second kappa shape index (κ2) is 5.96. The summed E-state index contributed by atoms with van der Waals surface area (Å²) >= 11 is 0. The predicted molar refractivity (Wildman–Crippen MR) is 93.9 cm³/mol. The van der Waals surface area contributed by atoms with Crippen LogP contribution in [0.5, 0.6) is 5.75 Å². The van der Waals surface area contributed by atoms with E-state index in [0.29, 0.717) is 35.3 Å². The quantitative estimate of drug-likeness (QED) is 0.809. The number of methoxy groups -OCH3 is 1. The summed E-state index contributed by atoms with van der Waals surface area (Å²) in [5.74, 6) is 2.14. The molecule has 138 valence electrons. The van der Waals surface area contributed by atoms with Crippen molar-refractivity contribution >= 4 is 10.4 Å². The van der Waals surface area contributed by atoms with E-state index in [-0.39, 0.29) is 0 Å². The zero-order valence-electron chi connectivity index (χ0n) is 14.8. The Morgan fingerprint density at radius 2 is 2.00 bits per heavy atom. The summed E-state index contributed by atoms with van der Waals surface area (Å²) in [5.41, 5.74) is 2.38. The second-order valence-corrected chi connectivity index (χ2v) is 9.25. The zero-order chi connectivity index (χ0) is 17.8. The first-order chi connectivity index (χ1) is 11.8. The normalized spacial score (nSPS) is 37.1. The first-order valence-corrected chi connectivity index (χ1v) is 10.5. The maximum atomic E-state index is 11.4. The molecule has 0 saturated heterocycles. The molecule has 0 spiro atoms. The van der Waals surface area contributed by atoms with Gasteiger partial charge in [-0.1, -0.05) is 19.4 Å². The summed E-state index contributed by atoms with van der Waals surface area (Å²) < 4.78 is 42.5. The van der Waals surface area contributed by atoms with Gasteiger partial charge >= 0.3 is 10.4 Å². The number of hydrogen-bond acceptors (Lipinski definition) is 4. The molecule has 5 nitrogen and oxygen atoms in total. The van der Waals surface area contributed by atoms with Crippen molar-refractivity contribution in [2.75, 3.05) is 7.11 Å². The third kappa shape index (κ3) is 2.98. The van der Waals surface area contributed by atoms with E-state index in [1.54, 1.807) is 7.11 Å². The average molecular weight is 366 g/mol. The van der Waals surface area contributed by atoms with Gasteiger partial charge < -0.3 is 4.74 Å². The number of hydrogen-bond donors (Lipinski definition) is 1. The Morgan fingerprint density at radius 1 is 1.20 bits per heavy atom. The van der Waals surface area contributed by atoms with Crippen LogP contribution in [0.4, 0.5) is 0 Å². The lowest BCUT2D eigenvalue weighted by atomic mass is 9.55. The SMILES string of the molecule is COc1ccc2c(c1)[C@@H](OS(=O)(=O)O)C[C@@H]1[C@@H]2CC[C@]2(C)CCC[C@@H]12. The Bertz CT molecular complexity index is 774. The van der Waals surface area contributed by atoms with E-state index in [1.807, 2.05) is 12.1 Å². The molecular weight excluding hydrogens is 340 g/mol. The Kier molecular flexibility index (Phi) is 4.13. The maximum Gasteiger partial charge on any atom is 0.397 e. The van der Waals surface area contributed by atoms with Crippen molar-refractivity contribution in [3.63, 3.8) is 0 Å². The molecule has 0 amide bonds. The molecule has 4 rings (SSSR count). The Morgan fingerprint density at radius 3 is 2.72 bits per heavy atom. The topological polar surface area (TPSA) is 72.8 Å². The van der Waals surface area contributed by atoms with Crippen molar-refractivity contribution in [1.82, 2.24) is 0 Å². The molecule has 1 aromatic carbocycles. The minimum absolute atomic E-state index is 0.369. The first kappa shape index (κ1) is 17.3. The summed E-state index contributed by atoms with van der Waals surface area (Å²) in [6.07, 6.45) is 6.10.